The summed E-state index contributed by atoms with van der Waals surface area (Å²) in [5.74, 6) is -0.577. The van der Waals surface area contributed by atoms with Gasteiger partial charge in [-0.1, -0.05) is 30.3 Å². The molecule has 2 aromatic carbocycles. The molecule has 1 fully saturated rings. The second-order valence-electron chi connectivity index (χ2n) is 8.20. The quantitative estimate of drug-likeness (QED) is 0.703. The number of para-hydroxylation sites is 3. The summed E-state index contributed by atoms with van der Waals surface area (Å²) in [5, 5.41) is 5.60. The fraction of sp³-hybridized carbons (Fsp3) is 0.304. The number of benzene rings is 2. The summed E-state index contributed by atoms with van der Waals surface area (Å²) in [6.45, 7) is 1.61. The lowest BCUT2D eigenvalue weighted by atomic mass is 9.84. The molecule has 3 aliphatic rings. The van der Waals surface area contributed by atoms with Crippen molar-refractivity contribution in [1.29, 1.82) is 0 Å². The SMILES string of the molecule is CC1CC(=O)Nc2ccccc2N1C(=O)CN1C(=O)NC2(CCOc3ccccc32)C1=O. The number of carbonyl (C=O) groups excluding carboxylic acids is 4. The summed E-state index contributed by atoms with van der Waals surface area (Å²) >= 11 is 0. The van der Waals surface area contributed by atoms with Crippen LogP contribution < -0.4 is 20.3 Å². The third-order valence-corrected chi connectivity index (χ3v) is 6.18. The number of urea groups is 1. The average Bonchev–Trinajstić information content (AvgIpc) is 2.91. The van der Waals surface area contributed by atoms with Crippen molar-refractivity contribution in [3.8, 4) is 5.75 Å². The number of fused-ring (bicyclic) bond motifs is 3. The molecular formula is C23H22N4O5. The zero-order valence-corrected chi connectivity index (χ0v) is 17.5. The van der Waals surface area contributed by atoms with E-state index in [2.05, 4.69) is 10.6 Å². The summed E-state index contributed by atoms with van der Waals surface area (Å²) in [5.41, 5.74) is 0.394. The van der Waals surface area contributed by atoms with Gasteiger partial charge < -0.3 is 20.3 Å². The number of hydrogen-bond donors (Lipinski definition) is 2. The first-order chi connectivity index (χ1) is 15.4. The van der Waals surface area contributed by atoms with E-state index in [9.17, 15) is 19.2 Å². The van der Waals surface area contributed by atoms with Crippen LogP contribution in [0.2, 0.25) is 0 Å². The van der Waals surface area contributed by atoms with Gasteiger partial charge in [0.15, 0.2) is 5.54 Å². The van der Waals surface area contributed by atoms with Gasteiger partial charge in [-0.2, -0.15) is 0 Å². The van der Waals surface area contributed by atoms with Crippen LogP contribution in [0.4, 0.5) is 16.2 Å². The van der Waals surface area contributed by atoms with E-state index in [1.54, 1.807) is 55.5 Å². The Balaban J connectivity index is 1.45. The fourth-order valence-electron chi connectivity index (χ4n) is 4.69. The Morgan fingerprint density at radius 2 is 1.88 bits per heavy atom. The maximum Gasteiger partial charge on any atom is 0.325 e. The summed E-state index contributed by atoms with van der Waals surface area (Å²) in [6, 6.07) is 13.0. The van der Waals surface area contributed by atoms with Crippen LogP contribution in [0.3, 0.4) is 0 Å². The maximum absolute atomic E-state index is 13.5. The highest BCUT2D eigenvalue weighted by molar-refractivity contribution is 6.12. The van der Waals surface area contributed by atoms with Gasteiger partial charge in [-0.15, -0.1) is 0 Å². The third kappa shape index (κ3) is 3.00. The molecule has 0 aromatic heterocycles. The molecule has 2 atom stereocenters. The predicted molar refractivity (Wildman–Crippen MR) is 115 cm³/mol. The van der Waals surface area contributed by atoms with Crippen molar-refractivity contribution < 1.29 is 23.9 Å². The second kappa shape index (κ2) is 7.37. The number of amides is 5. The Labute approximate surface area is 184 Å². The van der Waals surface area contributed by atoms with E-state index in [0.717, 1.165) is 4.90 Å². The highest BCUT2D eigenvalue weighted by atomic mass is 16.5. The van der Waals surface area contributed by atoms with Crippen molar-refractivity contribution in [3.05, 3.63) is 54.1 Å². The van der Waals surface area contributed by atoms with Gasteiger partial charge >= 0.3 is 6.03 Å². The molecule has 164 valence electrons. The summed E-state index contributed by atoms with van der Waals surface area (Å²) in [4.78, 5) is 54.3. The first-order valence-electron chi connectivity index (χ1n) is 10.5. The van der Waals surface area contributed by atoms with Crippen molar-refractivity contribution in [2.45, 2.75) is 31.3 Å². The van der Waals surface area contributed by atoms with E-state index in [1.165, 1.54) is 4.90 Å². The first-order valence-corrected chi connectivity index (χ1v) is 10.5. The number of nitrogens with one attached hydrogen (secondary N) is 2. The normalized spacial score (nSPS) is 24.3. The Morgan fingerprint density at radius 3 is 2.72 bits per heavy atom. The van der Waals surface area contributed by atoms with Gasteiger partial charge in [0.2, 0.25) is 11.8 Å². The Morgan fingerprint density at radius 1 is 1.12 bits per heavy atom. The van der Waals surface area contributed by atoms with Crippen molar-refractivity contribution in [2.75, 3.05) is 23.4 Å². The van der Waals surface area contributed by atoms with E-state index in [4.69, 9.17) is 4.74 Å². The van der Waals surface area contributed by atoms with Crippen LogP contribution in [-0.2, 0) is 19.9 Å². The minimum Gasteiger partial charge on any atom is -0.493 e. The molecule has 0 aliphatic carbocycles. The number of rotatable bonds is 2. The number of anilines is 2. The molecule has 2 N–H and O–H groups in total. The van der Waals surface area contributed by atoms with E-state index in [0.29, 0.717) is 22.7 Å². The van der Waals surface area contributed by atoms with Crippen molar-refractivity contribution in [2.24, 2.45) is 0 Å². The number of ether oxygens (including phenoxy) is 1. The lowest BCUT2D eigenvalue weighted by Gasteiger charge is -2.33. The molecular weight excluding hydrogens is 412 g/mol. The molecule has 1 saturated heterocycles. The molecule has 32 heavy (non-hydrogen) atoms. The van der Waals surface area contributed by atoms with Crippen LogP contribution in [-0.4, -0.2) is 47.8 Å². The molecule has 3 heterocycles. The van der Waals surface area contributed by atoms with Gasteiger partial charge in [-0.3, -0.25) is 19.3 Å². The van der Waals surface area contributed by atoms with Gasteiger partial charge in [0.05, 0.1) is 18.0 Å². The van der Waals surface area contributed by atoms with Gasteiger partial charge in [0.25, 0.3) is 5.91 Å². The van der Waals surface area contributed by atoms with Crippen molar-refractivity contribution in [1.82, 2.24) is 10.2 Å². The summed E-state index contributed by atoms with van der Waals surface area (Å²) in [7, 11) is 0. The van der Waals surface area contributed by atoms with Gasteiger partial charge in [0, 0.05) is 24.4 Å². The molecule has 1 spiro atoms. The average molecular weight is 434 g/mol. The highest BCUT2D eigenvalue weighted by Gasteiger charge is 2.55. The maximum atomic E-state index is 13.5. The van der Waals surface area contributed by atoms with Crippen molar-refractivity contribution in [3.63, 3.8) is 0 Å². The Kier molecular flexibility index (Phi) is 4.61. The standard InChI is InChI=1S/C23H22N4O5/c1-14-12-19(28)24-16-7-3-4-8-17(16)27(14)20(29)13-26-21(30)23(25-22(26)31)10-11-32-18-9-5-2-6-15(18)23/h2-9,14H,10-13H2,1H3,(H,24,28)(H,25,31). The third-order valence-electron chi connectivity index (χ3n) is 6.18. The van der Waals surface area contributed by atoms with Gasteiger partial charge in [-0.05, 0) is 25.1 Å². The lowest BCUT2D eigenvalue weighted by Crippen LogP contribution is -2.49. The van der Waals surface area contributed by atoms with Crippen LogP contribution >= 0.6 is 0 Å². The van der Waals surface area contributed by atoms with E-state index in [1.807, 2.05) is 0 Å². The van der Waals surface area contributed by atoms with Crippen LogP contribution in [0.5, 0.6) is 5.75 Å². The molecule has 0 saturated carbocycles. The topological polar surface area (TPSA) is 108 Å². The number of hydrogen-bond acceptors (Lipinski definition) is 5. The molecule has 2 aromatic rings. The predicted octanol–water partition coefficient (Wildman–Crippen LogP) is 1.98. The van der Waals surface area contributed by atoms with Crippen LogP contribution in [0, 0.1) is 0 Å². The van der Waals surface area contributed by atoms with Gasteiger partial charge in [-0.25, -0.2) is 4.79 Å². The highest BCUT2D eigenvalue weighted by Crippen LogP contribution is 2.41. The molecule has 5 amide bonds. The minimum atomic E-state index is -1.24. The molecule has 5 rings (SSSR count). The smallest absolute Gasteiger partial charge is 0.325 e. The molecule has 9 heteroatoms. The fourth-order valence-corrected chi connectivity index (χ4v) is 4.69. The number of imide groups is 1. The molecule has 2 unspecified atom stereocenters. The summed E-state index contributed by atoms with van der Waals surface area (Å²) < 4.78 is 5.65. The van der Waals surface area contributed by atoms with E-state index < -0.39 is 36.0 Å². The van der Waals surface area contributed by atoms with Gasteiger partial charge in [0.1, 0.15) is 12.3 Å². The monoisotopic (exact) mass is 434 g/mol. The van der Waals surface area contributed by atoms with Crippen LogP contribution in [0.15, 0.2) is 48.5 Å². The van der Waals surface area contributed by atoms with E-state index >= 15 is 0 Å². The zero-order valence-electron chi connectivity index (χ0n) is 17.5. The van der Waals surface area contributed by atoms with E-state index in [-0.39, 0.29) is 25.4 Å². The number of carbonyl (C=O) groups is 4. The molecule has 0 bridgehead atoms. The largest absolute Gasteiger partial charge is 0.493 e. The lowest BCUT2D eigenvalue weighted by molar-refractivity contribution is -0.135. The molecule has 9 nitrogen and oxygen atoms in total. The molecule has 3 aliphatic heterocycles. The Bertz CT molecular complexity index is 1150. The summed E-state index contributed by atoms with van der Waals surface area (Å²) in [6.07, 6.45) is 0.385. The first kappa shape index (κ1) is 20.0. The second-order valence-corrected chi connectivity index (χ2v) is 8.20. The molecule has 0 radical (unpaired) electrons. The van der Waals surface area contributed by atoms with Crippen molar-refractivity contribution >= 4 is 35.1 Å². The minimum absolute atomic E-state index is 0.106. The Hall–Kier alpha value is -3.88. The van der Waals surface area contributed by atoms with Crippen LogP contribution in [0.1, 0.15) is 25.3 Å². The van der Waals surface area contributed by atoms with Crippen LogP contribution in [0.25, 0.3) is 0 Å². The zero-order chi connectivity index (χ0) is 22.5. The number of nitrogens with zero attached hydrogens (tertiary/aromatic N) is 2.